The lowest BCUT2D eigenvalue weighted by atomic mass is 10.2. The second-order valence-corrected chi connectivity index (χ2v) is 5.79. The van der Waals surface area contributed by atoms with E-state index >= 15 is 0 Å². The van der Waals surface area contributed by atoms with E-state index in [1.807, 2.05) is 0 Å². The van der Waals surface area contributed by atoms with Gasteiger partial charge in [0.15, 0.2) is 5.69 Å². The number of benzene rings is 2. The minimum absolute atomic E-state index is 0.0516. The summed E-state index contributed by atoms with van der Waals surface area (Å²) in [5.74, 6) is 0.142. The topological polar surface area (TPSA) is 63.2 Å². The zero-order chi connectivity index (χ0) is 20.1. The highest BCUT2D eigenvalue weighted by Gasteiger charge is 2.30. The van der Waals surface area contributed by atoms with Crippen LogP contribution in [0.25, 0.3) is 0 Å². The van der Waals surface area contributed by atoms with E-state index in [0.29, 0.717) is 11.4 Å². The van der Waals surface area contributed by atoms with E-state index < -0.39 is 17.6 Å². The first-order chi connectivity index (χ1) is 13.4. The third-order valence-corrected chi connectivity index (χ3v) is 3.84. The lowest BCUT2D eigenvalue weighted by Gasteiger charge is -2.13. The fourth-order valence-electron chi connectivity index (χ4n) is 2.48. The van der Waals surface area contributed by atoms with Crippen LogP contribution in [-0.4, -0.2) is 18.0 Å². The molecular weight excluding hydrogens is 371 g/mol. The van der Waals surface area contributed by atoms with Crippen molar-refractivity contribution in [3.05, 3.63) is 78.1 Å². The Hall–Kier alpha value is -3.55. The van der Waals surface area contributed by atoms with Crippen LogP contribution in [0.15, 0.2) is 66.9 Å². The Kier molecular flexibility index (Phi) is 5.49. The fourth-order valence-corrected chi connectivity index (χ4v) is 2.48. The molecule has 144 valence electrons. The Morgan fingerprint density at radius 1 is 1.00 bits per heavy atom. The smallest absolute Gasteiger partial charge is 0.416 e. The van der Waals surface area contributed by atoms with Crippen LogP contribution in [0.3, 0.4) is 0 Å². The minimum Gasteiger partial charge on any atom is -0.497 e. The Bertz CT molecular complexity index is 973. The van der Waals surface area contributed by atoms with Crippen LogP contribution >= 0.6 is 0 Å². The highest BCUT2D eigenvalue weighted by molar-refractivity contribution is 6.06. The number of hydrogen-bond donors (Lipinski definition) is 2. The van der Waals surface area contributed by atoms with Crippen LogP contribution in [0.4, 0.5) is 30.2 Å². The highest BCUT2D eigenvalue weighted by Crippen LogP contribution is 2.31. The number of halogens is 3. The van der Waals surface area contributed by atoms with Gasteiger partial charge in [-0.15, -0.1) is 0 Å². The Labute approximate surface area is 159 Å². The maximum Gasteiger partial charge on any atom is 0.416 e. The van der Waals surface area contributed by atoms with Crippen LogP contribution in [0.2, 0.25) is 0 Å². The number of hydrogen-bond acceptors (Lipinski definition) is 4. The zero-order valence-electron chi connectivity index (χ0n) is 14.7. The van der Waals surface area contributed by atoms with E-state index in [0.717, 1.165) is 12.1 Å². The number of nitrogens with one attached hydrogen (secondary N) is 2. The van der Waals surface area contributed by atoms with Crippen LogP contribution in [0, 0.1) is 0 Å². The summed E-state index contributed by atoms with van der Waals surface area (Å²) in [6, 6.07) is 14.6. The molecule has 0 saturated carbocycles. The van der Waals surface area contributed by atoms with Gasteiger partial charge in [0.25, 0.3) is 5.91 Å². The summed E-state index contributed by atoms with van der Waals surface area (Å²) in [6.07, 6.45) is -3.03. The second-order valence-electron chi connectivity index (χ2n) is 5.79. The second kappa shape index (κ2) is 7.99. The molecule has 0 saturated heterocycles. The molecule has 8 heteroatoms. The summed E-state index contributed by atoms with van der Waals surface area (Å²) >= 11 is 0. The number of amides is 1. The number of methoxy groups -OCH3 is 1. The summed E-state index contributed by atoms with van der Waals surface area (Å²) in [5, 5.41) is 5.52. The van der Waals surface area contributed by atoms with Crippen molar-refractivity contribution in [3.63, 3.8) is 0 Å². The number of carbonyl (C=O) groups excluding carboxylic acids is 1. The Morgan fingerprint density at radius 3 is 2.43 bits per heavy atom. The molecule has 5 nitrogen and oxygen atoms in total. The maximum atomic E-state index is 12.9. The monoisotopic (exact) mass is 387 g/mol. The molecule has 1 aromatic heterocycles. The highest BCUT2D eigenvalue weighted by atomic mass is 19.4. The molecule has 0 aliphatic carbocycles. The molecule has 3 rings (SSSR count). The molecule has 28 heavy (non-hydrogen) atoms. The molecule has 1 amide bonds. The summed E-state index contributed by atoms with van der Waals surface area (Å²) in [7, 11) is 1.53. The van der Waals surface area contributed by atoms with E-state index in [9.17, 15) is 18.0 Å². The number of rotatable bonds is 5. The number of alkyl halides is 3. The van der Waals surface area contributed by atoms with Gasteiger partial charge >= 0.3 is 6.18 Å². The zero-order valence-corrected chi connectivity index (χ0v) is 14.7. The van der Waals surface area contributed by atoms with Crippen molar-refractivity contribution in [2.24, 2.45) is 0 Å². The van der Waals surface area contributed by atoms with Crippen molar-refractivity contribution in [1.82, 2.24) is 4.98 Å². The van der Waals surface area contributed by atoms with Gasteiger partial charge in [0.2, 0.25) is 0 Å². The Morgan fingerprint density at radius 2 is 1.75 bits per heavy atom. The van der Waals surface area contributed by atoms with Crippen molar-refractivity contribution in [1.29, 1.82) is 0 Å². The molecular formula is C20H16F3N3O2. The average molecular weight is 387 g/mol. The first-order valence-electron chi connectivity index (χ1n) is 8.21. The quantitative estimate of drug-likeness (QED) is 0.639. The first kappa shape index (κ1) is 19.2. The van der Waals surface area contributed by atoms with Crippen molar-refractivity contribution < 1.29 is 22.7 Å². The van der Waals surface area contributed by atoms with Gasteiger partial charge in [-0.05, 0) is 54.6 Å². The number of ether oxygens (including phenoxy) is 1. The van der Waals surface area contributed by atoms with Gasteiger partial charge in [-0.2, -0.15) is 13.2 Å². The van der Waals surface area contributed by atoms with Gasteiger partial charge in [0, 0.05) is 17.6 Å². The van der Waals surface area contributed by atoms with Crippen molar-refractivity contribution in [2.45, 2.75) is 6.18 Å². The summed E-state index contributed by atoms with van der Waals surface area (Å²) < 4.78 is 43.8. The van der Waals surface area contributed by atoms with Crippen molar-refractivity contribution >= 4 is 23.0 Å². The molecule has 0 bridgehead atoms. The summed E-state index contributed by atoms with van der Waals surface area (Å²) in [4.78, 5) is 16.6. The van der Waals surface area contributed by atoms with E-state index in [1.54, 1.807) is 36.4 Å². The predicted molar refractivity (Wildman–Crippen MR) is 99.9 cm³/mol. The fraction of sp³-hybridized carbons (Fsp3) is 0.100. The number of anilines is 3. The van der Waals surface area contributed by atoms with Gasteiger partial charge in [-0.1, -0.05) is 6.07 Å². The largest absolute Gasteiger partial charge is 0.497 e. The van der Waals surface area contributed by atoms with Gasteiger partial charge in [0.1, 0.15) is 5.75 Å². The lowest BCUT2D eigenvalue weighted by Crippen LogP contribution is -2.15. The van der Waals surface area contributed by atoms with E-state index in [-0.39, 0.29) is 17.1 Å². The van der Waals surface area contributed by atoms with E-state index in [1.165, 1.54) is 25.4 Å². The predicted octanol–water partition coefficient (Wildman–Crippen LogP) is 5.10. The van der Waals surface area contributed by atoms with Gasteiger partial charge in [-0.25, -0.2) is 4.98 Å². The number of aromatic nitrogens is 1. The standard InChI is InChI=1S/C20H16F3N3O2/c1-28-16-9-7-14(8-10-16)26-19(27)18-17(6-3-11-24-18)25-15-5-2-4-13(12-15)20(21,22)23/h2-12,25H,1H3,(H,26,27). The first-order valence-corrected chi connectivity index (χ1v) is 8.21. The average Bonchev–Trinajstić information content (AvgIpc) is 2.68. The molecule has 0 aliphatic heterocycles. The van der Waals surface area contributed by atoms with Crippen molar-refractivity contribution in [3.8, 4) is 5.75 Å². The SMILES string of the molecule is COc1ccc(NC(=O)c2ncccc2Nc2cccc(C(F)(F)F)c2)cc1. The number of nitrogens with zero attached hydrogens (tertiary/aromatic N) is 1. The normalized spacial score (nSPS) is 11.0. The van der Waals surface area contributed by atoms with Gasteiger partial charge in [-0.3, -0.25) is 4.79 Å². The minimum atomic E-state index is -4.46. The molecule has 0 spiro atoms. The summed E-state index contributed by atoms with van der Waals surface area (Å²) in [5.41, 5.74) is 0.275. The summed E-state index contributed by atoms with van der Waals surface area (Å²) in [6.45, 7) is 0. The van der Waals surface area contributed by atoms with Crippen LogP contribution < -0.4 is 15.4 Å². The molecule has 2 N–H and O–H groups in total. The third-order valence-electron chi connectivity index (χ3n) is 3.84. The Balaban J connectivity index is 1.82. The van der Waals surface area contributed by atoms with Crippen LogP contribution in [-0.2, 0) is 6.18 Å². The molecule has 2 aromatic carbocycles. The lowest BCUT2D eigenvalue weighted by molar-refractivity contribution is -0.137. The molecule has 0 unspecified atom stereocenters. The third kappa shape index (κ3) is 4.59. The van der Waals surface area contributed by atoms with Crippen molar-refractivity contribution in [2.75, 3.05) is 17.7 Å². The maximum absolute atomic E-state index is 12.9. The number of pyridine rings is 1. The molecule has 1 heterocycles. The van der Waals surface area contributed by atoms with E-state index in [2.05, 4.69) is 15.6 Å². The molecule has 0 atom stereocenters. The molecule has 3 aromatic rings. The molecule has 0 aliphatic rings. The van der Waals surface area contributed by atoms with Gasteiger partial charge in [0.05, 0.1) is 18.4 Å². The van der Waals surface area contributed by atoms with Gasteiger partial charge < -0.3 is 15.4 Å². The van der Waals surface area contributed by atoms with E-state index in [4.69, 9.17) is 4.74 Å². The van der Waals surface area contributed by atoms with Crippen LogP contribution in [0.5, 0.6) is 5.75 Å². The molecule has 0 radical (unpaired) electrons. The molecule has 0 fully saturated rings. The number of carbonyl (C=O) groups is 1. The van der Waals surface area contributed by atoms with Crippen LogP contribution in [0.1, 0.15) is 16.1 Å².